The third-order valence-electron chi connectivity index (χ3n) is 3.09. The summed E-state index contributed by atoms with van der Waals surface area (Å²) in [6, 6.07) is 16.2. The van der Waals surface area contributed by atoms with Crippen LogP contribution >= 0.6 is 0 Å². The molecule has 1 amide bonds. The molecule has 3 heteroatoms. The van der Waals surface area contributed by atoms with Crippen molar-refractivity contribution in [1.82, 2.24) is 0 Å². The van der Waals surface area contributed by atoms with Gasteiger partial charge in [0.05, 0.1) is 0 Å². The first-order chi connectivity index (χ1) is 8.23. The van der Waals surface area contributed by atoms with Gasteiger partial charge in [-0.25, -0.2) is 0 Å². The molecule has 0 aromatic heterocycles. The molecule has 3 rings (SSSR count). The molecule has 0 saturated heterocycles. The van der Waals surface area contributed by atoms with E-state index in [0.29, 0.717) is 16.8 Å². The number of carbonyl (C=O) groups is 1. The van der Waals surface area contributed by atoms with E-state index >= 15 is 0 Å². The SMILES string of the molecule is OC1(c2ccccc2)C(=[18O])Nc2ccccc21. The average molecular weight is 227 g/mol. The summed E-state index contributed by atoms with van der Waals surface area (Å²) in [5.74, 6) is -0.398. The van der Waals surface area contributed by atoms with Gasteiger partial charge in [-0.05, 0) is 11.6 Å². The number of hydrogen-bond donors (Lipinski definition) is 2. The molecule has 2 aromatic carbocycles. The van der Waals surface area contributed by atoms with E-state index in [9.17, 15) is 9.90 Å². The predicted octanol–water partition coefficient (Wildman–Crippen LogP) is 1.87. The van der Waals surface area contributed by atoms with Crippen molar-refractivity contribution in [2.24, 2.45) is 0 Å². The number of benzene rings is 2. The maximum atomic E-state index is 12.0. The van der Waals surface area contributed by atoms with E-state index in [0.717, 1.165) is 0 Å². The maximum absolute atomic E-state index is 12.0. The number of anilines is 1. The molecule has 0 fully saturated rings. The van der Waals surface area contributed by atoms with E-state index in [1.165, 1.54) is 0 Å². The second-order valence-corrected chi connectivity index (χ2v) is 4.08. The molecule has 1 aliphatic rings. The number of fused-ring (bicyclic) bond motifs is 1. The van der Waals surface area contributed by atoms with Crippen molar-refractivity contribution >= 4 is 11.6 Å². The van der Waals surface area contributed by atoms with Crippen molar-refractivity contribution < 1.29 is 9.90 Å². The number of aliphatic hydroxyl groups is 1. The smallest absolute Gasteiger partial charge is 0.265 e. The summed E-state index contributed by atoms with van der Waals surface area (Å²) in [6.07, 6.45) is 0. The quantitative estimate of drug-likeness (QED) is 0.731. The molecule has 0 radical (unpaired) electrons. The molecule has 0 aliphatic carbocycles. The van der Waals surface area contributed by atoms with Crippen LogP contribution in [0.5, 0.6) is 0 Å². The molecule has 1 heterocycles. The van der Waals surface area contributed by atoms with Crippen LogP contribution in [0.25, 0.3) is 0 Å². The van der Waals surface area contributed by atoms with Gasteiger partial charge in [0.25, 0.3) is 5.91 Å². The lowest BCUT2D eigenvalue weighted by molar-refractivity contribution is -0.129. The van der Waals surface area contributed by atoms with Crippen molar-refractivity contribution in [3.05, 3.63) is 65.7 Å². The Labute approximate surface area is 98.7 Å². The van der Waals surface area contributed by atoms with Gasteiger partial charge in [0.15, 0.2) is 5.60 Å². The summed E-state index contributed by atoms with van der Waals surface area (Å²) in [5.41, 5.74) is 0.292. The minimum absolute atomic E-state index is 0.398. The molecule has 2 aromatic rings. The molecule has 84 valence electrons. The van der Waals surface area contributed by atoms with Gasteiger partial charge in [0.2, 0.25) is 0 Å². The number of para-hydroxylation sites is 1. The van der Waals surface area contributed by atoms with Gasteiger partial charge in [0, 0.05) is 11.3 Å². The number of rotatable bonds is 1. The van der Waals surface area contributed by atoms with Crippen molar-refractivity contribution in [2.45, 2.75) is 5.60 Å². The Morgan fingerprint density at radius 2 is 1.59 bits per heavy atom. The van der Waals surface area contributed by atoms with E-state index in [2.05, 4.69) is 5.32 Å². The lowest BCUT2D eigenvalue weighted by atomic mass is 9.88. The number of hydrogen-bond acceptors (Lipinski definition) is 2. The van der Waals surface area contributed by atoms with E-state index < -0.39 is 11.5 Å². The largest absolute Gasteiger partial charge is 0.372 e. The van der Waals surface area contributed by atoms with E-state index in [-0.39, 0.29) is 0 Å². The highest BCUT2D eigenvalue weighted by Gasteiger charge is 2.46. The molecule has 2 N–H and O–H groups in total. The first kappa shape index (κ1) is 10.1. The number of carbonyl (C=O) groups excluding carboxylic acids is 1. The summed E-state index contributed by atoms with van der Waals surface area (Å²) in [7, 11) is 0. The fourth-order valence-corrected chi connectivity index (χ4v) is 2.21. The third-order valence-corrected chi connectivity index (χ3v) is 3.09. The molecular weight excluding hydrogens is 216 g/mol. The Hall–Kier alpha value is -2.13. The molecule has 0 spiro atoms. The Bertz CT molecular complexity index is 580. The topological polar surface area (TPSA) is 49.3 Å². The van der Waals surface area contributed by atoms with Crippen LogP contribution in [0.1, 0.15) is 11.1 Å². The third kappa shape index (κ3) is 1.29. The van der Waals surface area contributed by atoms with Crippen LogP contribution in [-0.2, 0) is 10.4 Å². The predicted molar refractivity (Wildman–Crippen MR) is 64.5 cm³/mol. The van der Waals surface area contributed by atoms with Crippen LogP contribution in [0.15, 0.2) is 54.6 Å². The minimum atomic E-state index is -1.57. The van der Waals surface area contributed by atoms with Crippen molar-refractivity contribution in [3.63, 3.8) is 0 Å². The standard InChI is InChI=1S/C14H11NO2/c16-13-14(17,10-6-2-1-3-7-10)11-8-4-5-9-12(11)15-13/h1-9,17H,(H,15,16)/i16+2. The van der Waals surface area contributed by atoms with Gasteiger partial charge in [-0.1, -0.05) is 48.5 Å². The zero-order valence-electron chi connectivity index (χ0n) is 9.05. The Morgan fingerprint density at radius 1 is 0.941 bits per heavy atom. The normalized spacial score (nSPS) is 22.1. The second-order valence-electron chi connectivity index (χ2n) is 4.08. The van der Waals surface area contributed by atoms with E-state index in [1.807, 2.05) is 30.3 Å². The van der Waals surface area contributed by atoms with Crippen LogP contribution in [0.3, 0.4) is 0 Å². The van der Waals surface area contributed by atoms with Crippen LogP contribution in [0.2, 0.25) is 0 Å². The Morgan fingerprint density at radius 3 is 2.35 bits per heavy atom. The summed E-state index contributed by atoms with van der Waals surface area (Å²) in [6.45, 7) is 0. The molecule has 0 saturated carbocycles. The zero-order valence-corrected chi connectivity index (χ0v) is 9.05. The molecule has 1 unspecified atom stereocenters. The molecule has 3 nitrogen and oxygen atoms in total. The molecule has 1 aliphatic heterocycles. The first-order valence-corrected chi connectivity index (χ1v) is 5.42. The summed E-state index contributed by atoms with van der Waals surface area (Å²) in [5, 5.41) is 13.4. The van der Waals surface area contributed by atoms with Gasteiger partial charge in [-0.15, -0.1) is 0 Å². The van der Waals surface area contributed by atoms with Gasteiger partial charge in [-0.2, -0.15) is 0 Å². The zero-order chi connectivity index (χ0) is 11.9. The summed E-state index contributed by atoms with van der Waals surface area (Å²) < 4.78 is 0. The van der Waals surface area contributed by atoms with E-state index in [4.69, 9.17) is 0 Å². The lowest BCUT2D eigenvalue weighted by Crippen LogP contribution is -2.35. The van der Waals surface area contributed by atoms with Crippen LogP contribution < -0.4 is 5.32 Å². The second kappa shape index (κ2) is 3.43. The van der Waals surface area contributed by atoms with Crippen LogP contribution in [0.4, 0.5) is 5.69 Å². The summed E-state index contributed by atoms with van der Waals surface area (Å²) >= 11 is 0. The van der Waals surface area contributed by atoms with Gasteiger partial charge in [-0.3, -0.25) is 4.79 Å². The summed E-state index contributed by atoms with van der Waals surface area (Å²) in [4.78, 5) is 12.0. The average Bonchev–Trinajstić information content (AvgIpc) is 2.64. The fraction of sp³-hybridized carbons (Fsp3) is 0.0714. The van der Waals surface area contributed by atoms with Crippen LogP contribution in [0, 0.1) is 0 Å². The van der Waals surface area contributed by atoms with Crippen LogP contribution in [-0.4, -0.2) is 11.0 Å². The number of amides is 1. The number of nitrogens with one attached hydrogen (secondary N) is 1. The highest BCUT2D eigenvalue weighted by atomic mass is 18.1. The van der Waals surface area contributed by atoms with Gasteiger partial charge < -0.3 is 10.4 Å². The maximum Gasteiger partial charge on any atom is 0.265 e. The molecule has 17 heavy (non-hydrogen) atoms. The Kier molecular flexibility index (Phi) is 2.03. The van der Waals surface area contributed by atoms with Crippen molar-refractivity contribution in [1.29, 1.82) is 0 Å². The fourth-order valence-electron chi connectivity index (χ4n) is 2.21. The lowest BCUT2D eigenvalue weighted by Gasteiger charge is -2.21. The van der Waals surface area contributed by atoms with Crippen molar-refractivity contribution in [2.75, 3.05) is 5.32 Å². The first-order valence-electron chi connectivity index (χ1n) is 5.42. The van der Waals surface area contributed by atoms with Crippen molar-refractivity contribution in [3.8, 4) is 0 Å². The minimum Gasteiger partial charge on any atom is -0.372 e. The molecule has 1 atom stereocenters. The van der Waals surface area contributed by atoms with E-state index in [1.54, 1.807) is 24.3 Å². The molecular formula is C14H11NO2. The Balaban J connectivity index is 2.24. The highest BCUT2D eigenvalue weighted by molar-refractivity contribution is 6.07. The highest BCUT2D eigenvalue weighted by Crippen LogP contribution is 2.40. The molecule has 0 bridgehead atoms. The monoisotopic (exact) mass is 227 g/mol. The van der Waals surface area contributed by atoms with Gasteiger partial charge in [0.1, 0.15) is 0 Å². The van der Waals surface area contributed by atoms with Gasteiger partial charge >= 0.3 is 0 Å².